The van der Waals surface area contributed by atoms with Crippen molar-refractivity contribution < 1.29 is 0 Å². The third-order valence-electron chi connectivity index (χ3n) is 2.24. The van der Waals surface area contributed by atoms with E-state index in [4.69, 9.17) is 5.26 Å². The average Bonchev–Trinajstić information content (AvgIpc) is 2.31. The molecular formula is C11H5Br2N3O2. The number of rotatable bonds is 1. The Morgan fingerprint density at radius 1 is 1.22 bits per heavy atom. The van der Waals surface area contributed by atoms with Gasteiger partial charge in [0.1, 0.15) is 11.6 Å². The highest BCUT2D eigenvalue weighted by Crippen LogP contribution is 2.27. The zero-order chi connectivity index (χ0) is 13.3. The monoisotopic (exact) mass is 369 g/mol. The molecule has 2 rings (SSSR count). The van der Waals surface area contributed by atoms with E-state index in [1.807, 2.05) is 0 Å². The second kappa shape index (κ2) is 4.92. The van der Waals surface area contributed by atoms with E-state index >= 15 is 0 Å². The SMILES string of the molecule is N#Cc1cn(-c2c(Br)cccc2Br)c(=O)[nH]c1=O. The number of nitriles is 1. The molecule has 5 nitrogen and oxygen atoms in total. The lowest BCUT2D eigenvalue weighted by Crippen LogP contribution is -2.30. The number of para-hydroxylation sites is 1. The molecule has 0 aliphatic heterocycles. The average molecular weight is 371 g/mol. The number of H-pyrrole nitrogens is 1. The molecule has 0 unspecified atom stereocenters. The number of aromatic amines is 1. The zero-order valence-electron chi connectivity index (χ0n) is 8.78. The van der Waals surface area contributed by atoms with Gasteiger partial charge in [-0.2, -0.15) is 5.26 Å². The van der Waals surface area contributed by atoms with Crippen molar-refractivity contribution in [1.82, 2.24) is 9.55 Å². The number of hydrogen-bond acceptors (Lipinski definition) is 3. The summed E-state index contributed by atoms with van der Waals surface area (Å²) >= 11 is 6.64. The van der Waals surface area contributed by atoms with Crippen LogP contribution in [0, 0.1) is 11.3 Å². The highest BCUT2D eigenvalue weighted by atomic mass is 79.9. The summed E-state index contributed by atoms with van der Waals surface area (Å²) in [5, 5.41) is 8.81. The van der Waals surface area contributed by atoms with Gasteiger partial charge in [-0.3, -0.25) is 14.3 Å². The number of nitrogens with one attached hydrogen (secondary N) is 1. The minimum atomic E-state index is -0.693. The van der Waals surface area contributed by atoms with Crippen LogP contribution in [0.5, 0.6) is 0 Å². The Balaban J connectivity index is 2.85. The summed E-state index contributed by atoms with van der Waals surface area (Å²) in [4.78, 5) is 25.2. The van der Waals surface area contributed by atoms with Crippen LogP contribution in [-0.2, 0) is 0 Å². The van der Waals surface area contributed by atoms with Crippen LogP contribution in [-0.4, -0.2) is 9.55 Å². The molecule has 0 radical (unpaired) electrons. The number of aromatic nitrogens is 2. The molecule has 1 N–H and O–H groups in total. The maximum Gasteiger partial charge on any atom is 0.333 e. The number of benzene rings is 1. The maximum absolute atomic E-state index is 11.8. The zero-order valence-corrected chi connectivity index (χ0v) is 11.9. The van der Waals surface area contributed by atoms with Gasteiger partial charge in [0.2, 0.25) is 0 Å². The van der Waals surface area contributed by atoms with Crippen molar-refractivity contribution in [3.05, 3.63) is 59.7 Å². The predicted molar refractivity (Wildman–Crippen MR) is 72.8 cm³/mol. The van der Waals surface area contributed by atoms with Crippen LogP contribution in [0.15, 0.2) is 42.9 Å². The molecule has 0 fully saturated rings. The molecule has 0 aliphatic rings. The largest absolute Gasteiger partial charge is 0.333 e. The van der Waals surface area contributed by atoms with E-state index in [2.05, 4.69) is 36.8 Å². The number of hydrogen-bond donors (Lipinski definition) is 1. The van der Waals surface area contributed by atoms with Gasteiger partial charge in [-0.1, -0.05) is 6.07 Å². The van der Waals surface area contributed by atoms with E-state index in [0.717, 1.165) is 0 Å². The lowest BCUT2D eigenvalue weighted by molar-refractivity contribution is 0.882. The smallest absolute Gasteiger partial charge is 0.273 e. The summed E-state index contributed by atoms with van der Waals surface area (Å²) in [7, 11) is 0. The normalized spacial score (nSPS) is 10.1. The highest BCUT2D eigenvalue weighted by Gasteiger charge is 2.11. The Labute approximate surface area is 118 Å². The van der Waals surface area contributed by atoms with Gasteiger partial charge in [-0.25, -0.2) is 4.79 Å². The second-order valence-electron chi connectivity index (χ2n) is 3.35. The topological polar surface area (TPSA) is 78.7 Å². The molecule has 0 aliphatic carbocycles. The van der Waals surface area contributed by atoms with E-state index in [1.54, 1.807) is 24.3 Å². The first-order valence-electron chi connectivity index (χ1n) is 4.75. The second-order valence-corrected chi connectivity index (χ2v) is 5.06. The first-order chi connectivity index (χ1) is 8.54. The summed E-state index contributed by atoms with van der Waals surface area (Å²) in [6, 6.07) is 7.04. The Bertz CT molecular complexity index is 751. The first kappa shape index (κ1) is 12.8. The minimum absolute atomic E-state index is 0.128. The molecule has 7 heteroatoms. The Hall–Kier alpha value is -1.65. The van der Waals surface area contributed by atoms with Gasteiger partial charge in [0.25, 0.3) is 5.56 Å². The van der Waals surface area contributed by atoms with Crippen LogP contribution < -0.4 is 11.2 Å². The Kier molecular flexibility index (Phi) is 3.50. The number of halogens is 2. The molecule has 0 spiro atoms. The van der Waals surface area contributed by atoms with E-state index in [-0.39, 0.29) is 5.56 Å². The summed E-state index contributed by atoms with van der Waals surface area (Å²) < 4.78 is 2.53. The van der Waals surface area contributed by atoms with Crippen molar-refractivity contribution in [3.8, 4) is 11.8 Å². The van der Waals surface area contributed by atoms with Crippen LogP contribution in [0.3, 0.4) is 0 Å². The van der Waals surface area contributed by atoms with Crippen LogP contribution >= 0.6 is 31.9 Å². The van der Waals surface area contributed by atoms with E-state index < -0.39 is 11.2 Å². The highest BCUT2D eigenvalue weighted by molar-refractivity contribution is 9.11. The van der Waals surface area contributed by atoms with Crippen molar-refractivity contribution in [2.45, 2.75) is 0 Å². The van der Waals surface area contributed by atoms with Gasteiger partial charge < -0.3 is 0 Å². The lowest BCUT2D eigenvalue weighted by atomic mass is 10.3. The van der Waals surface area contributed by atoms with E-state index in [9.17, 15) is 9.59 Å². The van der Waals surface area contributed by atoms with Gasteiger partial charge in [0, 0.05) is 15.1 Å². The van der Waals surface area contributed by atoms with Crippen molar-refractivity contribution in [2.24, 2.45) is 0 Å². The standard InChI is InChI=1S/C11H5Br2N3O2/c12-7-2-1-3-8(13)9(7)16-5-6(4-14)10(17)15-11(16)18/h1-3,5H,(H,15,17,18). The molecule has 0 saturated carbocycles. The maximum atomic E-state index is 11.8. The number of nitrogens with zero attached hydrogens (tertiary/aromatic N) is 2. The molecule has 0 amide bonds. The van der Waals surface area contributed by atoms with Crippen molar-refractivity contribution in [2.75, 3.05) is 0 Å². The molecule has 0 bridgehead atoms. The van der Waals surface area contributed by atoms with Crippen molar-refractivity contribution >= 4 is 31.9 Å². The van der Waals surface area contributed by atoms with E-state index in [0.29, 0.717) is 14.6 Å². The van der Waals surface area contributed by atoms with Gasteiger partial charge in [0.15, 0.2) is 0 Å². The first-order valence-corrected chi connectivity index (χ1v) is 6.33. The van der Waals surface area contributed by atoms with Crippen molar-refractivity contribution in [1.29, 1.82) is 5.26 Å². The third-order valence-corrected chi connectivity index (χ3v) is 3.52. The molecule has 1 heterocycles. The fourth-order valence-corrected chi connectivity index (χ4v) is 2.82. The molecule has 2 aromatic rings. The molecule has 0 saturated heterocycles. The fourth-order valence-electron chi connectivity index (χ4n) is 1.44. The molecule has 90 valence electrons. The quantitative estimate of drug-likeness (QED) is 0.832. The minimum Gasteiger partial charge on any atom is -0.273 e. The lowest BCUT2D eigenvalue weighted by Gasteiger charge is -2.09. The van der Waals surface area contributed by atoms with Gasteiger partial charge in [-0.05, 0) is 44.0 Å². The fraction of sp³-hybridized carbons (Fsp3) is 0. The van der Waals surface area contributed by atoms with Gasteiger partial charge in [-0.15, -0.1) is 0 Å². The molecule has 18 heavy (non-hydrogen) atoms. The van der Waals surface area contributed by atoms with Gasteiger partial charge >= 0.3 is 5.69 Å². The Morgan fingerprint density at radius 2 is 1.83 bits per heavy atom. The molecule has 0 atom stereocenters. The summed E-state index contributed by atoms with van der Waals surface area (Å²) in [5.74, 6) is 0. The Morgan fingerprint density at radius 3 is 2.39 bits per heavy atom. The van der Waals surface area contributed by atoms with Gasteiger partial charge in [0.05, 0.1) is 5.69 Å². The third kappa shape index (κ3) is 2.17. The van der Waals surface area contributed by atoms with Crippen molar-refractivity contribution in [3.63, 3.8) is 0 Å². The van der Waals surface area contributed by atoms with Crippen LogP contribution in [0.4, 0.5) is 0 Å². The predicted octanol–water partition coefficient (Wildman–Crippen LogP) is 1.92. The molecule has 1 aromatic carbocycles. The summed E-state index contributed by atoms with van der Waals surface area (Å²) in [6.45, 7) is 0. The van der Waals surface area contributed by atoms with Crippen LogP contribution in [0.25, 0.3) is 5.69 Å². The van der Waals surface area contributed by atoms with Crippen LogP contribution in [0.2, 0.25) is 0 Å². The summed E-state index contributed by atoms with van der Waals surface area (Å²) in [5.41, 5.74) is -0.902. The molecular weight excluding hydrogens is 366 g/mol. The molecule has 1 aromatic heterocycles. The van der Waals surface area contributed by atoms with Crippen LogP contribution in [0.1, 0.15) is 5.56 Å². The summed E-state index contributed by atoms with van der Waals surface area (Å²) in [6.07, 6.45) is 1.21. The van der Waals surface area contributed by atoms with E-state index in [1.165, 1.54) is 10.8 Å².